The highest BCUT2D eigenvalue weighted by Gasteiger charge is 2.30. The molecule has 0 fully saturated rings. The average Bonchev–Trinajstić information content (AvgIpc) is 3.18. The fourth-order valence-corrected chi connectivity index (χ4v) is 3.62. The normalized spacial score (nSPS) is 11.1. The van der Waals surface area contributed by atoms with Gasteiger partial charge in [-0.1, -0.05) is 30.3 Å². The Bertz CT molecular complexity index is 1080. The number of anilines is 1. The Morgan fingerprint density at radius 2 is 1.90 bits per heavy atom. The van der Waals surface area contributed by atoms with E-state index in [0.717, 1.165) is 23.5 Å². The number of halogens is 3. The molecule has 10 heteroatoms. The minimum absolute atomic E-state index is 0.252. The van der Waals surface area contributed by atoms with Gasteiger partial charge < -0.3 is 15.4 Å². The quantitative estimate of drug-likeness (QED) is 0.569. The molecule has 0 atom stereocenters. The summed E-state index contributed by atoms with van der Waals surface area (Å²) in [5, 5.41) is 5.35. The highest BCUT2D eigenvalue weighted by Crippen LogP contribution is 2.30. The predicted octanol–water partition coefficient (Wildman–Crippen LogP) is 4.13. The maximum atomic E-state index is 12.8. The number of hydrogen-bond donors (Lipinski definition) is 2. The molecule has 2 amide bonds. The second-order valence-corrected chi connectivity index (χ2v) is 7.55. The SMILES string of the molecule is COc1ccccc1C(=O)NCC(=O)Nc1ncc(Cc2cccc(C(F)(F)F)c2)s1. The highest BCUT2D eigenvalue weighted by atomic mass is 32.1. The van der Waals surface area contributed by atoms with Crippen LogP contribution in [0.4, 0.5) is 18.3 Å². The zero-order valence-corrected chi connectivity index (χ0v) is 17.1. The first kappa shape index (κ1) is 22.3. The minimum Gasteiger partial charge on any atom is -0.496 e. The molecule has 0 aliphatic rings. The number of carbonyl (C=O) groups excluding carboxylic acids is 2. The van der Waals surface area contributed by atoms with Gasteiger partial charge in [0, 0.05) is 17.5 Å². The summed E-state index contributed by atoms with van der Waals surface area (Å²) >= 11 is 1.15. The Kier molecular flexibility index (Phi) is 6.91. The lowest BCUT2D eigenvalue weighted by Gasteiger charge is -2.08. The molecule has 3 aromatic rings. The summed E-state index contributed by atoms with van der Waals surface area (Å²) in [6.07, 6.45) is -2.66. The fourth-order valence-electron chi connectivity index (χ4n) is 2.76. The summed E-state index contributed by atoms with van der Waals surface area (Å²) in [6, 6.07) is 11.7. The van der Waals surface area contributed by atoms with Crippen molar-refractivity contribution >= 4 is 28.3 Å². The topological polar surface area (TPSA) is 80.3 Å². The molecule has 1 aromatic heterocycles. The maximum Gasteiger partial charge on any atom is 0.416 e. The van der Waals surface area contributed by atoms with E-state index in [2.05, 4.69) is 15.6 Å². The molecule has 6 nitrogen and oxygen atoms in total. The van der Waals surface area contributed by atoms with Crippen molar-refractivity contribution in [2.75, 3.05) is 19.0 Å². The third kappa shape index (κ3) is 6.05. The molecule has 0 saturated carbocycles. The number of aromatic nitrogens is 1. The summed E-state index contributed by atoms with van der Waals surface area (Å²) in [6.45, 7) is -0.278. The van der Waals surface area contributed by atoms with Crippen LogP contribution < -0.4 is 15.4 Å². The molecule has 162 valence electrons. The number of nitrogens with one attached hydrogen (secondary N) is 2. The first-order valence-corrected chi connectivity index (χ1v) is 9.90. The van der Waals surface area contributed by atoms with Gasteiger partial charge in [-0.25, -0.2) is 4.98 Å². The predicted molar refractivity (Wildman–Crippen MR) is 110 cm³/mol. The van der Waals surface area contributed by atoms with Gasteiger partial charge in [0.2, 0.25) is 5.91 Å². The van der Waals surface area contributed by atoms with Crippen LogP contribution in [0.15, 0.2) is 54.7 Å². The number of amides is 2. The van der Waals surface area contributed by atoms with Crippen molar-refractivity contribution in [1.82, 2.24) is 10.3 Å². The van der Waals surface area contributed by atoms with Gasteiger partial charge in [0.25, 0.3) is 5.91 Å². The Balaban J connectivity index is 1.55. The molecule has 0 saturated heterocycles. The number of nitrogens with zero attached hydrogens (tertiary/aromatic N) is 1. The van der Waals surface area contributed by atoms with E-state index in [1.54, 1.807) is 30.3 Å². The summed E-state index contributed by atoms with van der Waals surface area (Å²) in [5.74, 6) is -0.556. The molecule has 3 rings (SSSR count). The summed E-state index contributed by atoms with van der Waals surface area (Å²) < 4.78 is 43.6. The smallest absolute Gasteiger partial charge is 0.416 e. The number of carbonyl (C=O) groups is 2. The molecular formula is C21H18F3N3O3S. The van der Waals surface area contributed by atoms with Crippen molar-refractivity contribution in [3.05, 3.63) is 76.3 Å². The molecule has 1 heterocycles. The van der Waals surface area contributed by atoms with Gasteiger partial charge in [0.1, 0.15) is 5.75 Å². The number of thiazole rings is 1. The third-order valence-electron chi connectivity index (χ3n) is 4.19. The molecule has 0 radical (unpaired) electrons. The average molecular weight is 449 g/mol. The van der Waals surface area contributed by atoms with E-state index in [1.807, 2.05) is 0 Å². The van der Waals surface area contributed by atoms with Crippen LogP contribution in [0.3, 0.4) is 0 Å². The van der Waals surface area contributed by atoms with Gasteiger partial charge >= 0.3 is 6.18 Å². The Morgan fingerprint density at radius 1 is 1.13 bits per heavy atom. The molecule has 0 unspecified atom stereocenters. The van der Waals surface area contributed by atoms with Crippen molar-refractivity contribution in [2.24, 2.45) is 0 Å². The number of benzene rings is 2. The molecule has 0 bridgehead atoms. The number of hydrogen-bond acceptors (Lipinski definition) is 5. The Labute approximate surface area is 180 Å². The van der Waals surface area contributed by atoms with Gasteiger partial charge in [-0.05, 0) is 23.8 Å². The van der Waals surface area contributed by atoms with Crippen LogP contribution >= 0.6 is 11.3 Å². The lowest BCUT2D eigenvalue weighted by molar-refractivity contribution is -0.137. The lowest BCUT2D eigenvalue weighted by Crippen LogP contribution is -2.33. The number of methoxy groups -OCH3 is 1. The molecule has 0 aliphatic carbocycles. The van der Waals surface area contributed by atoms with E-state index in [-0.39, 0.29) is 13.0 Å². The number of alkyl halides is 3. The maximum absolute atomic E-state index is 12.8. The van der Waals surface area contributed by atoms with Crippen LogP contribution in [0.1, 0.15) is 26.4 Å². The molecule has 2 N–H and O–H groups in total. The Morgan fingerprint density at radius 3 is 2.65 bits per heavy atom. The van der Waals surface area contributed by atoms with E-state index in [4.69, 9.17) is 4.74 Å². The van der Waals surface area contributed by atoms with Crippen LogP contribution in [0.25, 0.3) is 0 Å². The van der Waals surface area contributed by atoms with Crippen LogP contribution in [0.5, 0.6) is 5.75 Å². The van der Waals surface area contributed by atoms with Crippen molar-refractivity contribution in [2.45, 2.75) is 12.6 Å². The minimum atomic E-state index is -4.41. The lowest BCUT2D eigenvalue weighted by atomic mass is 10.1. The molecule has 31 heavy (non-hydrogen) atoms. The van der Waals surface area contributed by atoms with Crippen LogP contribution in [-0.4, -0.2) is 30.5 Å². The zero-order valence-electron chi connectivity index (χ0n) is 16.3. The molecular weight excluding hydrogens is 431 g/mol. The second kappa shape index (κ2) is 9.61. The van der Waals surface area contributed by atoms with E-state index in [0.29, 0.717) is 26.9 Å². The van der Waals surface area contributed by atoms with Gasteiger partial charge in [0.05, 0.1) is 24.8 Å². The van der Waals surface area contributed by atoms with Crippen LogP contribution in [-0.2, 0) is 17.4 Å². The van der Waals surface area contributed by atoms with Crippen LogP contribution in [0.2, 0.25) is 0 Å². The number of para-hydroxylation sites is 1. The van der Waals surface area contributed by atoms with Gasteiger partial charge in [-0.2, -0.15) is 13.2 Å². The standard InChI is InChI=1S/C21H18F3N3O3S/c1-30-17-8-3-2-7-16(17)19(29)25-12-18(28)27-20-26-11-15(31-20)10-13-5-4-6-14(9-13)21(22,23)24/h2-9,11H,10,12H2,1H3,(H,25,29)(H,26,27,28). The monoisotopic (exact) mass is 449 g/mol. The fraction of sp³-hybridized carbons (Fsp3) is 0.190. The highest BCUT2D eigenvalue weighted by molar-refractivity contribution is 7.15. The third-order valence-corrected chi connectivity index (χ3v) is 5.11. The van der Waals surface area contributed by atoms with Crippen molar-refractivity contribution in [3.8, 4) is 5.75 Å². The largest absolute Gasteiger partial charge is 0.496 e. The zero-order chi connectivity index (χ0) is 22.4. The first-order valence-electron chi connectivity index (χ1n) is 9.08. The molecule has 2 aromatic carbocycles. The molecule has 0 spiro atoms. The van der Waals surface area contributed by atoms with Crippen molar-refractivity contribution in [1.29, 1.82) is 0 Å². The summed E-state index contributed by atoms with van der Waals surface area (Å²) in [4.78, 5) is 29.1. The van der Waals surface area contributed by atoms with Gasteiger partial charge in [0.15, 0.2) is 5.13 Å². The summed E-state index contributed by atoms with van der Waals surface area (Å²) in [7, 11) is 1.44. The Hall–Kier alpha value is -3.40. The second-order valence-electron chi connectivity index (χ2n) is 6.44. The van der Waals surface area contributed by atoms with E-state index < -0.39 is 23.6 Å². The van der Waals surface area contributed by atoms with Crippen molar-refractivity contribution in [3.63, 3.8) is 0 Å². The van der Waals surface area contributed by atoms with E-state index in [1.165, 1.54) is 19.4 Å². The van der Waals surface area contributed by atoms with Crippen molar-refractivity contribution < 1.29 is 27.5 Å². The first-order chi connectivity index (χ1) is 14.8. The van der Waals surface area contributed by atoms with Gasteiger partial charge in [-0.3, -0.25) is 9.59 Å². The number of ether oxygens (including phenoxy) is 1. The summed E-state index contributed by atoms with van der Waals surface area (Å²) in [5.41, 5.74) is 0.0738. The van der Waals surface area contributed by atoms with Crippen LogP contribution in [0, 0.1) is 0 Å². The van der Waals surface area contributed by atoms with E-state index >= 15 is 0 Å². The van der Waals surface area contributed by atoms with Gasteiger partial charge in [-0.15, -0.1) is 11.3 Å². The molecule has 0 aliphatic heterocycles. The van der Waals surface area contributed by atoms with E-state index in [9.17, 15) is 22.8 Å². The number of rotatable bonds is 7.